The number of benzene rings is 2. The maximum absolute atomic E-state index is 12.3. The second-order valence-corrected chi connectivity index (χ2v) is 5.03. The second-order valence-electron chi connectivity index (χ2n) is 5.03. The fourth-order valence-corrected chi connectivity index (χ4v) is 2.25. The van der Waals surface area contributed by atoms with Gasteiger partial charge in [-0.2, -0.15) is 0 Å². The third-order valence-corrected chi connectivity index (χ3v) is 3.40. The van der Waals surface area contributed by atoms with Gasteiger partial charge in [-0.15, -0.1) is 0 Å². The zero-order chi connectivity index (χ0) is 15.4. The van der Waals surface area contributed by atoms with Crippen LogP contribution in [0.5, 0.6) is 5.75 Å². The highest BCUT2D eigenvalue weighted by molar-refractivity contribution is 5.99. The van der Waals surface area contributed by atoms with Gasteiger partial charge in [0.2, 0.25) is 0 Å². The third kappa shape index (κ3) is 3.34. The number of hydrogen-bond acceptors (Lipinski definition) is 3. The topological polar surface area (TPSA) is 64.3 Å². The largest absolute Gasteiger partial charge is 0.496 e. The van der Waals surface area contributed by atoms with Crippen LogP contribution < -0.4 is 15.8 Å². The lowest BCUT2D eigenvalue weighted by molar-refractivity contribution is 0.0940. The van der Waals surface area contributed by atoms with E-state index in [-0.39, 0.29) is 11.9 Å². The average molecular weight is 284 g/mol. The molecule has 1 unspecified atom stereocenters. The SMILES string of the molecule is COc1ccc(C)cc1C(C)NC(=O)c1ccccc1N. The van der Waals surface area contributed by atoms with E-state index in [2.05, 4.69) is 5.32 Å². The predicted molar refractivity (Wildman–Crippen MR) is 84.5 cm³/mol. The number of nitrogens with two attached hydrogens (primary N) is 1. The smallest absolute Gasteiger partial charge is 0.253 e. The van der Waals surface area contributed by atoms with Crippen molar-refractivity contribution in [3.8, 4) is 5.75 Å². The van der Waals surface area contributed by atoms with Crippen LogP contribution in [0, 0.1) is 6.92 Å². The monoisotopic (exact) mass is 284 g/mol. The first-order chi connectivity index (χ1) is 10.0. The highest BCUT2D eigenvalue weighted by Gasteiger charge is 2.16. The zero-order valence-electron chi connectivity index (χ0n) is 12.5. The van der Waals surface area contributed by atoms with Gasteiger partial charge in [0.1, 0.15) is 5.75 Å². The van der Waals surface area contributed by atoms with E-state index in [0.717, 1.165) is 16.9 Å². The van der Waals surface area contributed by atoms with E-state index in [0.29, 0.717) is 11.3 Å². The maximum Gasteiger partial charge on any atom is 0.253 e. The van der Waals surface area contributed by atoms with Gasteiger partial charge in [-0.05, 0) is 32.0 Å². The van der Waals surface area contributed by atoms with Crippen molar-refractivity contribution in [2.45, 2.75) is 19.9 Å². The number of para-hydroxylation sites is 1. The molecule has 1 amide bonds. The fourth-order valence-electron chi connectivity index (χ4n) is 2.25. The molecule has 0 heterocycles. The van der Waals surface area contributed by atoms with Crippen LogP contribution in [0.25, 0.3) is 0 Å². The first-order valence-corrected chi connectivity index (χ1v) is 6.83. The Balaban J connectivity index is 2.22. The molecule has 0 aliphatic heterocycles. The first-order valence-electron chi connectivity index (χ1n) is 6.83. The van der Waals surface area contributed by atoms with Crippen LogP contribution >= 0.6 is 0 Å². The molecule has 2 aromatic carbocycles. The molecular weight excluding hydrogens is 264 g/mol. The van der Waals surface area contributed by atoms with Crippen LogP contribution in [-0.4, -0.2) is 13.0 Å². The summed E-state index contributed by atoms with van der Waals surface area (Å²) in [4.78, 5) is 12.3. The Morgan fingerprint density at radius 3 is 2.62 bits per heavy atom. The summed E-state index contributed by atoms with van der Waals surface area (Å²) in [5.41, 5.74) is 8.85. The molecule has 4 heteroatoms. The minimum absolute atomic E-state index is 0.174. The molecule has 0 spiro atoms. The Labute approximate surface area is 124 Å². The summed E-state index contributed by atoms with van der Waals surface area (Å²) in [6, 6.07) is 12.8. The number of aryl methyl sites for hydroxylation is 1. The lowest BCUT2D eigenvalue weighted by Crippen LogP contribution is -2.27. The molecule has 3 N–H and O–H groups in total. The van der Waals surface area contributed by atoms with E-state index in [1.54, 1.807) is 31.4 Å². The third-order valence-electron chi connectivity index (χ3n) is 3.40. The highest BCUT2D eigenvalue weighted by Crippen LogP contribution is 2.26. The van der Waals surface area contributed by atoms with Crippen molar-refractivity contribution >= 4 is 11.6 Å². The van der Waals surface area contributed by atoms with Gasteiger partial charge in [0.05, 0.1) is 18.7 Å². The van der Waals surface area contributed by atoms with Gasteiger partial charge >= 0.3 is 0 Å². The summed E-state index contributed by atoms with van der Waals surface area (Å²) < 4.78 is 5.36. The average Bonchev–Trinajstić information content (AvgIpc) is 2.47. The van der Waals surface area contributed by atoms with E-state index in [1.807, 2.05) is 32.0 Å². The van der Waals surface area contributed by atoms with E-state index < -0.39 is 0 Å². The van der Waals surface area contributed by atoms with Gasteiger partial charge in [0, 0.05) is 11.3 Å². The number of amides is 1. The zero-order valence-corrected chi connectivity index (χ0v) is 12.5. The summed E-state index contributed by atoms with van der Waals surface area (Å²) in [5, 5.41) is 2.96. The molecule has 0 saturated carbocycles. The van der Waals surface area contributed by atoms with Gasteiger partial charge in [0.15, 0.2) is 0 Å². The van der Waals surface area contributed by atoms with Crippen molar-refractivity contribution in [2.24, 2.45) is 0 Å². The molecule has 2 aromatic rings. The van der Waals surface area contributed by atoms with E-state index in [1.165, 1.54) is 0 Å². The fraction of sp³-hybridized carbons (Fsp3) is 0.235. The summed E-state index contributed by atoms with van der Waals surface area (Å²) in [5.74, 6) is 0.568. The number of carbonyl (C=O) groups excluding carboxylic acids is 1. The van der Waals surface area contributed by atoms with Crippen molar-refractivity contribution in [3.05, 3.63) is 59.2 Å². The van der Waals surface area contributed by atoms with E-state index in [9.17, 15) is 4.79 Å². The number of nitrogens with one attached hydrogen (secondary N) is 1. The number of hydrogen-bond donors (Lipinski definition) is 2. The van der Waals surface area contributed by atoms with Crippen LogP contribution in [0.4, 0.5) is 5.69 Å². The number of methoxy groups -OCH3 is 1. The molecule has 21 heavy (non-hydrogen) atoms. The highest BCUT2D eigenvalue weighted by atomic mass is 16.5. The molecule has 4 nitrogen and oxygen atoms in total. The Hall–Kier alpha value is -2.49. The van der Waals surface area contributed by atoms with Crippen LogP contribution in [0.15, 0.2) is 42.5 Å². The van der Waals surface area contributed by atoms with Gasteiger partial charge in [-0.3, -0.25) is 4.79 Å². The normalized spacial score (nSPS) is 11.8. The van der Waals surface area contributed by atoms with Gasteiger partial charge < -0.3 is 15.8 Å². The molecule has 0 radical (unpaired) electrons. The second kappa shape index (κ2) is 6.31. The Bertz CT molecular complexity index is 653. The van der Waals surface area contributed by atoms with Gasteiger partial charge in [-0.25, -0.2) is 0 Å². The molecule has 0 bridgehead atoms. The minimum Gasteiger partial charge on any atom is -0.496 e. The molecule has 0 saturated heterocycles. The maximum atomic E-state index is 12.3. The lowest BCUT2D eigenvalue weighted by Gasteiger charge is -2.18. The molecule has 1 atom stereocenters. The molecule has 0 aliphatic carbocycles. The van der Waals surface area contributed by atoms with Crippen molar-refractivity contribution in [3.63, 3.8) is 0 Å². The molecule has 110 valence electrons. The van der Waals surface area contributed by atoms with Crippen LogP contribution in [-0.2, 0) is 0 Å². The summed E-state index contributed by atoms with van der Waals surface area (Å²) >= 11 is 0. The van der Waals surface area contributed by atoms with Crippen molar-refractivity contribution in [1.29, 1.82) is 0 Å². The standard InChI is InChI=1S/C17H20N2O2/c1-11-8-9-16(21-3)14(10-11)12(2)19-17(20)13-6-4-5-7-15(13)18/h4-10,12H,18H2,1-3H3,(H,19,20). The summed E-state index contributed by atoms with van der Waals surface area (Å²) in [7, 11) is 1.62. The number of carbonyl (C=O) groups is 1. The van der Waals surface area contributed by atoms with E-state index in [4.69, 9.17) is 10.5 Å². The number of rotatable bonds is 4. The van der Waals surface area contributed by atoms with Crippen LogP contribution in [0.1, 0.15) is 34.5 Å². The lowest BCUT2D eigenvalue weighted by atomic mass is 10.0. The Morgan fingerprint density at radius 1 is 1.24 bits per heavy atom. The molecule has 2 rings (SSSR count). The van der Waals surface area contributed by atoms with Gasteiger partial charge in [-0.1, -0.05) is 29.8 Å². The van der Waals surface area contributed by atoms with E-state index >= 15 is 0 Å². The van der Waals surface area contributed by atoms with Crippen LogP contribution in [0.3, 0.4) is 0 Å². The predicted octanol–water partition coefficient (Wildman–Crippen LogP) is 3.08. The Morgan fingerprint density at radius 2 is 1.95 bits per heavy atom. The first kappa shape index (κ1) is 14.9. The number of ether oxygens (including phenoxy) is 1. The number of anilines is 1. The quantitative estimate of drug-likeness (QED) is 0.848. The van der Waals surface area contributed by atoms with Crippen molar-refractivity contribution in [2.75, 3.05) is 12.8 Å². The minimum atomic E-state index is -0.191. The molecule has 0 aromatic heterocycles. The van der Waals surface area contributed by atoms with Gasteiger partial charge in [0.25, 0.3) is 5.91 Å². The molecule has 0 aliphatic rings. The molecule has 0 fully saturated rings. The summed E-state index contributed by atoms with van der Waals surface area (Å²) in [6.07, 6.45) is 0. The summed E-state index contributed by atoms with van der Waals surface area (Å²) in [6.45, 7) is 3.93. The van der Waals surface area contributed by atoms with Crippen molar-refractivity contribution < 1.29 is 9.53 Å². The number of nitrogen functional groups attached to an aromatic ring is 1. The van der Waals surface area contributed by atoms with Crippen molar-refractivity contribution in [1.82, 2.24) is 5.32 Å². The molecular formula is C17H20N2O2. The Kier molecular flexibility index (Phi) is 4.48. The van der Waals surface area contributed by atoms with Crippen LogP contribution in [0.2, 0.25) is 0 Å².